The predicted octanol–water partition coefficient (Wildman–Crippen LogP) is 1.83. The minimum Gasteiger partial charge on any atom is -0.275 e. The first kappa shape index (κ1) is 9.95. The first-order valence-electron chi connectivity index (χ1n) is 4.69. The summed E-state index contributed by atoms with van der Waals surface area (Å²) in [5.74, 6) is 0. The summed E-state index contributed by atoms with van der Waals surface area (Å²) in [6.45, 7) is 0. The summed E-state index contributed by atoms with van der Waals surface area (Å²) in [5, 5.41) is 22.2. The molecule has 76 valence electrons. The first-order valence-corrected chi connectivity index (χ1v) is 4.69. The second-order valence-electron chi connectivity index (χ2n) is 3.33. The third kappa shape index (κ3) is 1.53. The van der Waals surface area contributed by atoms with Crippen LogP contribution in [0.15, 0.2) is 30.5 Å². The Morgan fingerprint density at radius 3 is 2.19 bits per heavy atom. The average Bonchev–Trinajstić information content (AvgIpc) is 2.74. The number of nitrogens with zero attached hydrogens (tertiary/aromatic N) is 4. The van der Waals surface area contributed by atoms with E-state index in [0.717, 1.165) is 0 Å². The van der Waals surface area contributed by atoms with Crippen molar-refractivity contribution in [1.29, 1.82) is 10.5 Å². The van der Waals surface area contributed by atoms with Gasteiger partial charge in [0.05, 0.1) is 29.0 Å². The topological polar surface area (TPSA) is 65.4 Å². The van der Waals surface area contributed by atoms with Gasteiger partial charge in [-0.1, -0.05) is 6.07 Å². The van der Waals surface area contributed by atoms with E-state index in [0.29, 0.717) is 22.4 Å². The maximum absolute atomic E-state index is 9.01. The van der Waals surface area contributed by atoms with Crippen LogP contribution < -0.4 is 0 Å². The van der Waals surface area contributed by atoms with Gasteiger partial charge in [-0.05, 0) is 18.2 Å². The summed E-state index contributed by atoms with van der Waals surface area (Å²) >= 11 is 0. The number of benzene rings is 1. The van der Waals surface area contributed by atoms with Crippen molar-refractivity contribution in [3.63, 3.8) is 0 Å². The highest BCUT2D eigenvalue weighted by atomic mass is 15.2. The smallest absolute Gasteiger partial charge is 0.0999 e. The van der Waals surface area contributed by atoms with Gasteiger partial charge in [-0.2, -0.15) is 15.6 Å². The summed E-state index contributed by atoms with van der Waals surface area (Å²) < 4.78 is 1.64. The molecule has 0 saturated carbocycles. The lowest BCUT2D eigenvalue weighted by molar-refractivity contribution is 0.771. The SMILES string of the molecule is Cn1ccc(-c2c(C#N)cccc2C#N)n1. The van der Waals surface area contributed by atoms with Crippen LogP contribution in [0.2, 0.25) is 0 Å². The van der Waals surface area contributed by atoms with Gasteiger partial charge in [0, 0.05) is 18.8 Å². The number of aromatic nitrogens is 2. The number of rotatable bonds is 1. The fourth-order valence-corrected chi connectivity index (χ4v) is 1.56. The molecule has 0 N–H and O–H groups in total. The summed E-state index contributed by atoms with van der Waals surface area (Å²) in [6, 6.07) is 11.0. The van der Waals surface area contributed by atoms with Gasteiger partial charge in [-0.25, -0.2) is 0 Å². The zero-order valence-electron chi connectivity index (χ0n) is 8.68. The number of nitriles is 2. The van der Waals surface area contributed by atoms with Gasteiger partial charge in [-0.15, -0.1) is 0 Å². The fourth-order valence-electron chi connectivity index (χ4n) is 1.56. The second-order valence-corrected chi connectivity index (χ2v) is 3.33. The molecule has 0 fully saturated rings. The van der Waals surface area contributed by atoms with Crippen molar-refractivity contribution in [2.75, 3.05) is 0 Å². The molecule has 1 aromatic carbocycles. The Labute approximate surface area is 93.0 Å². The highest BCUT2D eigenvalue weighted by Gasteiger charge is 2.12. The first-order chi connectivity index (χ1) is 7.76. The van der Waals surface area contributed by atoms with E-state index in [1.807, 2.05) is 0 Å². The molecule has 0 atom stereocenters. The summed E-state index contributed by atoms with van der Waals surface area (Å²) in [4.78, 5) is 0. The highest BCUT2D eigenvalue weighted by Crippen LogP contribution is 2.25. The van der Waals surface area contributed by atoms with Crippen LogP contribution >= 0.6 is 0 Å². The molecule has 0 aliphatic carbocycles. The zero-order valence-corrected chi connectivity index (χ0v) is 8.68. The van der Waals surface area contributed by atoms with Crippen molar-refractivity contribution < 1.29 is 0 Å². The van der Waals surface area contributed by atoms with E-state index in [-0.39, 0.29) is 0 Å². The maximum Gasteiger partial charge on any atom is 0.0999 e. The van der Waals surface area contributed by atoms with Gasteiger partial charge in [0.25, 0.3) is 0 Å². The molecular weight excluding hydrogens is 200 g/mol. The molecule has 0 aliphatic rings. The lowest BCUT2D eigenvalue weighted by Crippen LogP contribution is -1.92. The summed E-state index contributed by atoms with van der Waals surface area (Å²) in [5.41, 5.74) is 2.19. The lowest BCUT2D eigenvalue weighted by Gasteiger charge is -2.02. The van der Waals surface area contributed by atoms with Crippen molar-refractivity contribution in [2.45, 2.75) is 0 Å². The van der Waals surface area contributed by atoms with Crippen molar-refractivity contribution in [1.82, 2.24) is 9.78 Å². The normalized spacial score (nSPS) is 9.44. The minimum atomic E-state index is 0.470. The van der Waals surface area contributed by atoms with E-state index in [4.69, 9.17) is 10.5 Å². The zero-order chi connectivity index (χ0) is 11.5. The summed E-state index contributed by atoms with van der Waals surface area (Å²) in [7, 11) is 1.80. The second kappa shape index (κ2) is 3.88. The van der Waals surface area contributed by atoms with Crippen LogP contribution in [0.1, 0.15) is 11.1 Å². The molecule has 4 nitrogen and oxygen atoms in total. The number of hydrogen-bond donors (Lipinski definition) is 0. The maximum atomic E-state index is 9.01. The molecule has 0 aliphatic heterocycles. The van der Waals surface area contributed by atoms with Crippen LogP contribution in [0.4, 0.5) is 0 Å². The monoisotopic (exact) mass is 208 g/mol. The molecule has 1 aromatic heterocycles. The molecule has 0 bridgehead atoms. The van der Waals surface area contributed by atoms with Gasteiger partial charge in [0.2, 0.25) is 0 Å². The van der Waals surface area contributed by atoms with Gasteiger partial charge in [0.1, 0.15) is 0 Å². The van der Waals surface area contributed by atoms with E-state index in [9.17, 15) is 0 Å². The van der Waals surface area contributed by atoms with Crippen LogP contribution in [0.3, 0.4) is 0 Å². The molecule has 16 heavy (non-hydrogen) atoms. The standard InChI is InChI=1S/C12H8N4/c1-16-6-5-11(15-16)12-9(7-13)3-2-4-10(12)8-14/h2-6H,1H3. The van der Waals surface area contributed by atoms with Crippen LogP contribution in [0.5, 0.6) is 0 Å². The molecule has 0 saturated heterocycles. The van der Waals surface area contributed by atoms with E-state index in [2.05, 4.69) is 17.2 Å². The largest absolute Gasteiger partial charge is 0.275 e. The Bertz CT molecular complexity index is 578. The van der Waals surface area contributed by atoms with Crippen LogP contribution in [0.25, 0.3) is 11.3 Å². The Hall–Kier alpha value is -2.59. The van der Waals surface area contributed by atoms with E-state index in [1.165, 1.54) is 0 Å². The van der Waals surface area contributed by atoms with Gasteiger partial charge >= 0.3 is 0 Å². The fraction of sp³-hybridized carbons (Fsp3) is 0.0833. The lowest BCUT2D eigenvalue weighted by atomic mass is 10.00. The van der Waals surface area contributed by atoms with Crippen molar-refractivity contribution in [3.8, 4) is 23.4 Å². The van der Waals surface area contributed by atoms with Crippen molar-refractivity contribution in [3.05, 3.63) is 41.6 Å². The molecule has 0 spiro atoms. The minimum absolute atomic E-state index is 0.470. The third-order valence-electron chi connectivity index (χ3n) is 2.28. The molecule has 0 unspecified atom stereocenters. The van der Waals surface area contributed by atoms with Crippen LogP contribution in [-0.2, 0) is 7.05 Å². The predicted molar refractivity (Wildman–Crippen MR) is 58.1 cm³/mol. The van der Waals surface area contributed by atoms with E-state index < -0.39 is 0 Å². The van der Waals surface area contributed by atoms with Crippen LogP contribution in [-0.4, -0.2) is 9.78 Å². The van der Waals surface area contributed by atoms with Gasteiger partial charge in [-0.3, -0.25) is 4.68 Å². The molecule has 2 aromatic rings. The van der Waals surface area contributed by atoms with Crippen molar-refractivity contribution in [2.24, 2.45) is 7.05 Å². The molecule has 0 radical (unpaired) electrons. The van der Waals surface area contributed by atoms with Gasteiger partial charge < -0.3 is 0 Å². The Kier molecular flexibility index (Phi) is 2.41. The molecule has 4 heteroatoms. The molecule has 1 heterocycles. The Morgan fingerprint density at radius 1 is 1.12 bits per heavy atom. The quantitative estimate of drug-likeness (QED) is 0.718. The molecule has 2 rings (SSSR count). The van der Waals surface area contributed by atoms with E-state index >= 15 is 0 Å². The molecule has 0 amide bonds. The third-order valence-corrected chi connectivity index (χ3v) is 2.28. The van der Waals surface area contributed by atoms with Crippen LogP contribution in [0, 0.1) is 22.7 Å². The summed E-state index contributed by atoms with van der Waals surface area (Å²) in [6.07, 6.45) is 1.78. The van der Waals surface area contributed by atoms with Gasteiger partial charge in [0.15, 0.2) is 0 Å². The highest BCUT2D eigenvalue weighted by molar-refractivity contribution is 5.73. The molecular formula is C12H8N4. The Balaban J connectivity index is 2.73. The number of hydrogen-bond acceptors (Lipinski definition) is 3. The number of aryl methyl sites for hydroxylation is 1. The Morgan fingerprint density at radius 2 is 1.75 bits per heavy atom. The van der Waals surface area contributed by atoms with E-state index in [1.54, 1.807) is 42.2 Å². The average molecular weight is 208 g/mol. The van der Waals surface area contributed by atoms with Crippen molar-refractivity contribution >= 4 is 0 Å².